The second kappa shape index (κ2) is 3.78. The van der Waals surface area contributed by atoms with Gasteiger partial charge >= 0.3 is 0 Å². The summed E-state index contributed by atoms with van der Waals surface area (Å²) in [5.74, 6) is 5.53. The lowest BCUT2D eigenvalue weighted by molar-refractivity contribution is 0.490. The number of nitrogens with two attached hydrogens (primary N) is 1. The largest absolute Gasteiger partial charge is 0.271 e. The summed E-state index contributed by atoms with van der Waals surface area (Å²) in [5, 5.41) is 0. The Morgan fingerprint density at radius 2 is 2.15 bits per heavy atom. The molecule has 3 N–H and O–H groups in total. The van der Waals surface area contributed by atoms with Crippen LogP contribution in [0.5, 0.6) is 0 Å². The van der Waals surface area contributed by atoms with E-state index in [-0.39, 0.29) is 6.04 Å². The number of hydrazine groups is 1. The molecule has 2 nitrogen and oxygen atoms in total. The van der Waals surface area contributed by atoms with Crippen LogP contribution in [0.2, 0.25) is 0 Å². The number of rotatable bonds is 1. The van der Waals surface area contributed by atoms with Crippen LogP contribution >= 0.6 is 15.9 Å². The highest BCUT2D eigenvalue weighted by Gasteiger charge is 2.25. The van der Waals surface area contributed by atoms with Crippen molar-refractivity contribution in [2.45, 2.75) is 23.7 Å². The maximum atomic E-state index is 5.53. The van der Waals surface area contributed by atoms with Crippen LogP contribution in [0.1, 0.15) is 23.6 Å². The van der Waals surface area contributed by atoms with E-state index in [4.69, 9.17) is 5.84 Å². The van der Waals surface area contributed by atoms with Gasteiger partial charge in [0.2, 0.25) is 0 Å². The average molecular weight is 241 g/mol. The van der Waals surface area contributed by atoms with Crippen LogP contribution in [0.3, 0.4) is 0 Å². The van der Waals surface area contributed by atoms with Crippen molar-refractivity contribution in [3.05, 3.63) is 35.4 Å². The van der Waals surface area contributed by atoms with Gasteiger partial charge in [-0.05, 0) is 24.0 Å². The average Bonchev–Trinajstić information content (AvgIpc) is 2.18. The topological polar surface area (TPSA) is 38.0 Å². The molecule has 1 aliphatic carbocycles. The third-order valence-corrected chi connectivity index (χ3v) is 3.61. The van der Waals surface area contributed by atoms with Gasteiger partial charge in [-0.15, -0.1) is 0 Å². The number of hydrogen-bond acceptors (Lipinski definition) is 2. The van der Waals surface area contributed by atoms with E-state index in [1.165, 1.54) is 11.1 Å². The van der Waals surface area contributed by atoms with Crippen molar-refractivity contribution in [2.75, 3.05) is 0 Å². The molecule has 0 saturated carbocycles. The lowest BCUT2D eigenvalue weighted by atomic mass is 9.88. The first-order chi connectivity index (χ1) is 6.33. The van der Waals surface area contributed by atoms with Crippen molar-refractivity contribution in [3.63, 3.8) is 0 Å². The first-order valence-electron chi connectivity index (χ1n) is 4.51. The van der Waals surface area contributed by atoms with Crippen LogP contribution in [0, 0.1) is 0 Å². The molecule has 0 aromatic heterocycles. The summed E-state index contributed by atoms with van der Waals surface area (Å²) in [4.78, 5) is 0.451. The fourth-order valence-electron chi connectivity index (χ4n) is 1.91. The third kappa shape index (κ3) is 1.64. The fraction of sp³-hybridized carbons (Fsp3) is 0.400. The van der Waals surface area contributed by atoms with Crippen molar-refractivity contribution >= 4 is 15.9 Å². The molecule has 0 fully saturated rings. The Kier molecular flexibility index (Phi) is 2.67. The molecule has 0 amide bonds. The summed E-state index contributed by atoms with van der Waals surface area (Å²) in [5.41, 5.74) is 5.61. The third-order valence-electron chi connectivity index (χ3n) is 2.62. The summed E-state index contributed by atoms with van der Waals surface area (Å²) >= 11 is 3.64. The minimum absolute atomic E-state index is 0.255. The molecular weight excluding hydrogens is 228 g/mol. The molecule has 0 bridgehead atoms. The zero-order valence-corrected chi connectivity index (χ0v) is 8.92. The van der Waals surface area contributed by atoms with Gasteiger partial charge in [0.05, 0.1) is 6.04 Å². The van der Waals surface area contributed by atoms with Crippen molar-refractivity contribution in [1.29, 1.82) is 0 Å². The van der Waals surface area contributed by atoms with Crippen molar-refractivity contribution in [2.24, 2.45) is 5.84 Å². The predicted octanol–water partition coefficient (Wildman–Crippen LogP) is 1.90. The van der Waals surface area contributed by atoms with Gasteiger partial charge in [0.25, 0.3) is 0 Å². The van der Waals surface area contributed by atoms with E-state index in [1.807, 2.05) is 0 Å². The van der Waals surface area contributed by atoms with Crippen LogP contribution in [0.4, 0.5) is 0 Å². The number of aryl methyl sites for hydroxylation is 1. The van der Waals surface area contributed by atoms with Crippen molar-refractivity contribution in [3.8, 4) is 0 Å². The molecular formula is C10H13BrN2. The molecule has 1 aromatic carbocycles. The fourth-order valence-corrected chi connectivity index (χ4v) is 2.58. The van der Waals surface area contributed by atoms with Gasteiger partial charge in [0.1, 0.15) is 0 Å². The standard InChI is InChI=1S/C10H13BrN2/c11-9-6-5-7-3-1-2-4-8(7)10(9)13-12/h1-4,9-10,13H,5-6,12H2/t9-,10-/m1/s1. The van der Waals surface area contributed by atoms with Gasteiger partial charge < -0.3 is 0 Å². The van der Waals surface area contributed by atoms with Gasteiger partial charge in [-0.1, -0.05) is 40.2 Å². The number of halogens is 1. The molecule has 3 heteroatoms. The maximum Gasteiger partial charge on any atom is 0.0587 e. The molecule has 0 aliphatic heterocycles. The summed E-state index contributed by atoms with van der Waals surface area (Å²) in [6.45, 7) is 0. The van der Waals surface area contributed by atoms with E-state index in [0.717, 1.165) is 12.8 Å². The predicted molar refractivity (Wildman–Crippen MR) is 57.5 cm³/mol. The second-order valence-electron chi connectivity index (χ2n) is 3.40. The zero-order valence-electron chi connectivity index (χ0n) is 7.33. The quantitative estimate of drug-likeness (QED) is 0.447. The normalized spacial score (nSPS) is 26.9. The van der Waals surface area contributed by atoms with Crippen molar-refractivity contribution < 1.29 is 0 Å². The summed E-state index contributed by atoms with van der Waals surface area (Å²) in [6.07, 6.45) is 2.29. The minimum atomic E-state index is 0.255. The van der Waals surface area contributed by atoms with E-state index in [0.29, 0.717) is 4.83 Å². The number of hydrogen-bond donors (Lipinski definition) is 2. The zero-order chi connectivity index (χ0) is 9.26. The van der Waals surface area contributed by atoms with Gasteiger partial charge in [0.15, 0.2) is 0 Å². The maximum absolute atomic E-state index is 5.53. The van der Waals surface area contributed by atoms with Gasteiger partial charge in [0, 0.05) is 4.83 Å². The van der Waals surface area contributed by atoms with Gasteiger partial charge in [-0.25, -0.2) is 0 Å². The van der Waals surface area contributed by atoms with Crippen LogP contribution in [0.15, 0.2) is 24.3 Å². The van der Waals surface area contributed by atoms with Crippen LogP contribution in [0.25, 0.3) is 0 Å². The number of fused-ring (bicyclic) bond motifs is 1. The molecule has 1 aliphatic rings. The molecule has 13 heavy (non-hydrogen) atoms. The molecule has 0 heterocycles. The molecule has 2 atom stereocenters. The second-order valence-corrected chi connectivity index (χ2v) is 4.57. The van der Waals surface area contributed by atoms with Crippen LogP contribution in [-0.4, -0.2) is 4.83 Å². The highest BCUT2D eigenvalue weighted by Crippen LogP contribution is 2.33. The molecule has 70 valence electrons. The van der Waals surface area contributed by atoms with Gasteiger partial charge in [-0.2, -0.15) is 0 Å². The molecule has 1 aromatic rings. The highest BCUT2D eigenvalue weighted by atomic mass is 79.9. The Hall–Kier alpha value is -0.380. The Labute approximate surface area is 86.6 Å². The Bertz CT molecular complexity index is 301. The van der Waals surface area contributed by atoms with E-state index in [9.17, 15) is 0 Å². The molecule has 0 radical (unpaired) electrons. The first kappa shape index (κ1) is 9.19. The lowest BCUT2D eigenvalue weighted by Gasteiger charge is -2.29. The Morgan fingerprint density at radius 3 is 2.92 bits per heavy atom. The van der Waals surface area contributed by atoms with E-state index < -0.39 is 0 Å². The number of nitrogens with one attached hydrogen (secondary N) is 1. The minimum Gasteiger partial charge on any atom is -0.271 e. The Morgan fingerprint density at radius 1 is 1.38 bits per heavy atom. The van der Waals surface area contributed by atoms with Crippen molar-refractivity contribution in [1.82, 2.24) is 5.43 Å². The lowest BCUT2D eigenvalue weighted by Crippen LogP contribution is -2.37. The number of benzene rings is 1. The van der Waals surface area contributed by atoms with E-state index in [2.05, 4.69) is 45.6 Å². The molecule has 0 spiro atoms. The molecule has 0 unspecified atom stereocenters. The smallest absolute Gasteiger partial charge is 0.0587 e. The highest BCUT2D eigenvalue weighted by molar-refractivity contribution is 9.09. The summed E-state index contributed by atoms with van der Waals surface area (Å²) in [7, 11) is 0. The number of alkyl halides is 1. The summed E-state index contributed by atoms with van der Waals surface area (Å²) in [6, 6.07) is 8.73. The molecule has 2 rings (SSSR count). The van der Waals surface area contributed by atoms with E-state index >= 15 is 0 Å². The Balaban J connectivity index is 2.39. The molecule has 0 saturated heterocycles. The van der Waals surface area contributed by atoms with E-state index in [1.54, 1.807) is 0 Å². The monoisotopic (exact) mass is 240 g/mol. The van der Waals surface area contributed by atoms with Gasteiger partial charge in [-0.3, -0.25) is 11.3 Å². The van der Waals surface area contributed by atoms with Crippen LogP contribution < -0.4 is 11.3 Å². The van der Waals surface area contributed by atoms with Crippen LogP contribution in [-0.2, 0) is 6.42 Å². The summed E-state index contributed by atoms with van der Waals surface area (Å²) < 4.78 is 0. The first-order valence-corrected chi connectivity index (χ1v) is 5.42. The SMILES string of the molecule is NN[C@@H]1c2ccccc2CC[C@H]1Br.